The van der Waals surface area contributed by atoms with E-state index in [9.17, 15) is 4.79 Å². The van der Waals surface area contributed by atoms with Crippen LogP contribution in [-0.4, -0.2) is 28.3 Å². The Morgan fingerprint density at radius 3 is 2.62 bits per heavy atom. The lowest BCUT2D eigenvalue weighted by Gasteiger charge is -2.06. The smallest absolute Gasteiger partial charge is 0.316 e. The molecule has 5 nitrogen and oxygen atoms in total. The van der Waals surface area contributed by atoms with E-state index in [4.69, 9.17) is 10.5 Å². The first-order valence-electron chi connectivity index (χ1n) is 4.93. The topological polar surface area (TPSA) is 78.1 Å². The summed E-state index contributed by atoms with van der Waals surface area (Å²) in [5.41, 5.74) is 7.33. The third kappa shape index (κ3) is 3.37. The standard InChI is InChI=1S/C10H15N3O2S/c1-4-15-8(14)5-16-10-9(11)12-6(2)7(3)13-10/h4-5H2,1-3H3,(H2,11,12). The number of esters is 1. The number of aryl methyl sites for hydroxylation is 2. The van der Waals surface area contributed by atoms with Crippen LogP contribution in [0.4, 0.5) is 5.82 Å². The van der Waals surface area contributed by atoms with Crippen molar-refractivity contribution in [1.82, 2.24) is 9.97 Å². The van der Waals surface area contributed by atoms with Gasteiger partial charge in [0.1, 0.15) is 5.03 Å². The molecule has 1 rings (SSSR count). The molecule has 0 aliphatic carbocycles. The highest BCUT2D eigenvalue weighted by Crippen LogP contribution is 2.22. The molecular weight excluding hydrogens is 226 g/mol. The van der Waals surface area contributed by atoms with Gasteiger partial charge in [0.05, 0.1) is 23.7 Å². The van der Waals surface area contributed by atoms with Crippen molar-refractivity contribution in [3.63, 3.8) is 0 Å². The molecule has 0 aromatic carbocycles. The third-order valence-corrected chi connectivity index (χ3v) is 2.89. The van der Waals surface area contributed by atoms with Crippen molar-refractivity contribution in [3.8, 4) is 0 Å². The van der Waals surface area contributed by atoms with Crippen LogP contribution in [0.2, 0.25) is 0 Å². The van der Waals surface area contributed by atoms with Gasteiger partial charge in [-0.05, 0) is 20.8 Å². The Balaban J connectivity index is 2.67. The summed E-state index contributed by atoms with van der Waals surface area (Å²) >= 11 is 1.24. The normalized spacial score (nSPS) is 10.2. The molecule has 0 amide bonds. The van der Waals surface area contributed by atoms with Gasteiger partial charge in [-0.25, -0.2) is 9.97 Å². The number of thioether (sulfide) groups is 1. The average molecular weight is 241 g/mol. The maximum absolute atomic E-state index is 11.1. The van der Waals surface area contributed by atoms with E-state index in [-0.39, 0.29) is 11.7 Å². The lowest BCUT2D eigenvalue weighted by atomic mass is 10.3. The summed E-state index contributed by atoms with van der Waals surface area (Å²) in [6.45, 7) is 5.86. The number of nitrogens with two attached hydrogens (primary N) is 1. The zero-order valence-electron chi connectivity index (χ0n) is 9.61. The maximum atomic E-state index is 11.1. The maximum Gasteiger partial charge on any atom is 0.316 e. The summed E-state index contributed by atoms with van der Waals surface area (Å²) in [6.07, 6.45) is 0. The SMILES string of the molecule is CCOC(=O)CSc1nc(C)c(C)nc1N. The number of nitrogen functional groups attached to an aromatic ring is 1. The Hall–Kier alpha value is -1.30. The zero-order chi connectivity index (χ0) is 12.1. The van der Waals surface area contributed by atoms with Crippen LogP contribution < -0.4 is 5.73 Å². The molecule has 1 aromatic heterocycles. The molecule has 1 aromatic rings. The first-order valence-corrected chi connectivity index (χ1v) is 5.92. The summed E-state index contributed by atoms with van der Waals surface area (Å²) in [4.78, 5) is 19.6. The third-order valence-electron chi connectivity index (χ3n) is 1.93. The van der Waals surface area contributed by atoms with Crippen molar-refractivity contribution >= 4 is 23.5 Å². The molecular formula is C10H15N3O2S. The fraction of sp³-hybridized carbons (Fsp3) is 0.500. The Morgan fingerprint density at radius 2 is 2.00 bits per heavy atom. The molecule has 0 spiro atoms. The predicted molar refractivity (Wildman–Crippen MR) is 63.3 cm³/mol. The van der Waals surface area contributed by atoms with E-state index in [1.807, 2.05) is 13.8 Å². The summed E-state index contributed by atoms with van der Waals surface area (Å²) in [6, 6.07) is 0. The summed E-state index contributed by atoms with van der Waals surface area (Å²) < 4.78 is 4.81. The summed E-state index contributed by atoms with van der Waals surface area (Å²) in [5.74, 6) is 0.291. The van der Waals surface area contributed by atoms with Crippen LogP contribution in [0.1, 0.15) is 18.3 Å². The minimum absolute atomic E-state index is 0.204. The van der Waals surface area contributed by atoms with Crippen LogP contribution in [0.5, 0.6) is 0 Å². The van der Waals surface area contributed by atoms with E-state index in [2.05, 4.69) is 9.97 Å². The van der Waals surface area contributed by atoms with Crippen LogP contribution in [0.15, 0.2) is 5.03 Å². The monoisotopic (exact) mass is 241 g/mol. The minimum Gasteiger partial charge on any atom is -0.465 e. The highest BCUT2D eigenvalue weighted by molar-refractivity contribution is 8.00. The van der Waals surface area contributed by atoms with E-state index >= 15 is 0 Å². The van der Waals surface area contributed by atoms with Gasteiger partial charge < -0.3 is 10.5 Å². The molecule has 16 heavy (non-hydrogen) atoms. The number of nitrogens with zero attached hydrogens (tertiary/aromatic N) is 2. The molecule has 0 fully saturated rings. The molecule has 1 heterocycles. The molecule has 0 aliphatic heterocycles. The van der Waals surface area contributed by atoms with Crippen molar-refractivity contribution in [3.05, 3.63) is 11.4 Å². The Labute approximate surface area is 98.8 Å². The molecule has 0 aliphatic rings. The molecule has 0 atom stereocenters. The van der Waals surface area contributed by atoms with Crippen molar-refractivity contribution in [2.45, 2.75) is 25.8 Å². The number of rotatable bonds is 4. The second kappa shape index (κ2) is 5.69. The number of hydrogen-bond acceptors (Lipinski definition) is 6. The zero-order valence-corrected chi connectivity index (χ0v) is 10.4. The van der Waals surface area contributed by atoms with Crippen LogP contribution in [0.25, 0.3) is 0 Å². The Kier molecular flexibility index (Phi) is 4.54. The van der Waals surface area contributed by atoms with Gasteiger partial charge in [-0.15, -0.1) is 0 Å². The molecule has 0 saturated carbocycles. The van der Waals surface area contributed by atoms with Gasteiger partial charge in [0.2, 0.25) is 0 Å². The van der Waals surface area contributed by atoms with Crippen molar-refractivity contribution < 1.29 is 9.53 Å². The lowest BCUT2D eigenvalue weighted by molar-refractivity contribution is -0.139. The lowest BCUT2D eigenvalue weighted by Crippen LogP contribution is -2.08. The molecule has 0 saturated heterocycles. The van der Waals surface area contributed by atoms with Gasteiger partial charge in [-0.1, -0.05) is 11.8 Å². The molecule has 0 unspecified atom stereocenters. The van der Waals surface area contributed by atoms with Crippen LogP contribution in [-0.2, 0) is 9.53 Å². The first-order chi connectivity index (χ1) is 7.54. The van der Waals surface area contributed by atoms with Gasteiger partial charge in [0.25, 0.3) is 0 Å². The molecule has 0 bridgehead atoms. The Bertz CT molecular complexity index is 396. The molecule has 6 heteroatoms. The minimum atomic E-state index is -0.271. The second-order valence-electron chi connectivity index (χ2n) is 3.18. The van der Waals surface area contributed by atoms with Gasteiger partial charge in [0, 0.05) is 0 Å². The van der Waals surface area contributed by atoms with Gasteiger partial charge in [0.15, 0.2) is 5.82 Å². The highest BCUT2D eigenvalue weighted by Gasteiger charge is 2.09. The number of aromatic nitrogens is 2. The van der Waals surface area contributed by atoms with E-state index in [0.29, 0.717) is 17.5 Å². The van der Waals surface area contributed by atoms with E-state index < -0.39 is 0 Å². The van der Waals surface area contributed by atoms with Gasteiger partial charge in [-0.3, -0.25) is 4.79 Å². The second-order valence-corrected chi connectivity index (χ2v) is 4.14. The van der Waals surface area contributed by atoms with E-state index in [1.54, 1.807) is 6.92 Å². The largest absolute Gasteiger partial charge is 0.465 e. The first kappa shape index (κ1) is 12.8. The number of ether oxygens (including phenoxy) is 1. The fourth-order valence-corrected chi connectivity index (χ4v) is 1.77. The van der Waals surface area contributed by atoms with Gasteiger partial charge in [-0.2, -0.15) is 0 Å². The number of anilines is 1. The predicted octanol–water partition coefficient (Wildman–Crippen LogP) is 1.33. The van der Waals surface area contributed by atoms with E-state index in [1.165, 1.54) is 11.8 Å². The number of carbonyl (C=O) groups is 1. The number of carbonyl (C=O) groups excluding carboxylic acids is 1. The van der Waals surface area contributed by atoms with Crippen LogP contribution in [0.3, 0.4) is 0 Å². The van der Waals surface area contributed by atoms with Crippen molar-refractivity contribution in [2.24, 2.45) is 0 Å². The fourth-order valence-electron chi connectivity index (χ4n) is 1.04. The quantitative estimate of drug-likeness (QED) is 0.633. The summed E-state index contributed by atoms with van der Waals surface area (Å²) in [7, 11) is 0. The molecule has 0 radical (unpaired) electrons. The van der Waals surface area contributed by atoms with Crippen molar-refractivity contribution in [2.75, 3.05) is 18.1 Å². The van der Waals surface area contributed by atoms with Crippen molar-refractivity contribution in [1.29, 1.82) is 0 Å². The average Bonchev–Trinajstić information content (AvgIpc) is 2.22. The molecule has 88 valence electrons. The summed E-state index contributed by atoms with van der Waals surface area (Å²) in [5, 5.41) is 0.580. The number of hydrogen-bond donors (Lipinski definition) is 1. The highest BCUT2D eigenvalue weighted by atomic mass is 32.2. The van der Waals surface area contributed by atoms with E-state index in [0.717, 1.165) is 11.4 Å². The molecule has 2 N–H and O–H groups in total. The Morgan fingerprint density at radius 1 is 1.38 bits per heavy atom. The van der Waals surface area contributed by atoms with Gasteiger partial charge >= 0.3 is 5.97 Å². The van der Waals surface area contributed by atoms with Crippen LogP contribution >= 0.6 is 11.8 Å². The van der Waals surface area contributed by atoms with Crippen LogP contribution in [0, 0.1) is 13.8 Å².